The van der Waals surface area contributed by atoms with Gasteiger partial charge in [-0.25, -0.2) is 9.97 Å². The molecule has 126 valence electrons. The number of hydrogen-bond donors (Lipinski definition) is 0. The number of aryl methyl sites for hydroxylation is 1. The van der Waals surface area contributed by atoms with Crippen LogP contribution >= 0.6 is 15.9 Å². The number of fused-ring (bicyclic) bond motifs is 3. The van der Waals surface area contributed by atoms with Gasteiger partial charge in [0.2, 0.25) is 0 Å². The van der Waals surface area contributed by atoms with Crippen LogP contribution in [-0.4, -0.2) is 29.7 Å². The fourth-order valence-corrected chi connectivity index (χ4v) is 4.56. The van der Waals surface area contributed by atoms with Gasteiger partial charge >= 0.3 is 0 Å². The maximum atomic E-state index is 6.35. The predicted molar refractivity (Wildman–Crippen MR) is 102 cm³/mol. The molecule has 1 aliphatic carbocycles. The van der Waals surface area contributed by atoms with Crippen molar-refractivity contribution >= 4 is 32.7 Å². The number of hydrogen-bond acceptors (Lipinski definition) is 4. The van der Waals surface area contributed by atoms with Gasteiger partial charge in [0.05, 0.1) is 18.7 Å². The first-order valence-corrected chi connectivity index (χ1v) is 9.42. The Morgan fingerprint density at radius 3 is 3.00 bits per heavy atom. The third kappa shape index (κ3) is 2.45. The van der Waals surface area contributed by atoms with Crippen molar-refractivity contribution in [2.75, 3.05) is 24.6 Å². The fraction of sp³-hybridized carbons (Fsp3) is 0.300. The summed E-state index contributed by atoms with van der Waals surface area (Å²) in [7, 11) is 0. The maximum absolute atomic E-state index is 6.35. The van der Waals surface area contributed by atoms with Gasteiger partial charge in [0, 0.05) is 16.4 Å². The minimum absolute atomic E-state index is 0.210. The van der Waals surface area contributed by atoms with Gasteiger partial charge in [0.1, 0.15) is 17.7 Å². The lowest BCUT2D eigenvalue weighted by Gasteiger charge is -2.42. The number of rotatable bonds is 1. The van der Waals surface area contributed by atoms with Crippen LogP contribution in [0.5, 0.6) is 0 Å². The van der Waals surface area contributed by atoms with E-state index in [2.05, 4.69) is 61.1 Å². The zero-order chi connectivity index (χ0) is 16.9. The fourth-order valence-electron chi connectivity index (χ4n) is 4.20. The molecule has 2 aliphatic rings. The molecule has 1 atom stereocenters. The topological polar surface area (TPSA) is 38.2 Å². The van der Waals surface area contributed by atoms with E-state index >= 15 is 0 Å². The molecule has 4 nitrogen and oxygen atoms in total. The van der Waals surface area contributed by atoms with Gasteiger partial charge in [0.15, 0.2) is 0 Å². The number of benzene rings is 2. The second kappa shape index (κ2) is 5.78. The standard InChI is InChI=1S/C20H18BrN3O/c21-15-5-6-18-16(11-15)19(23-13-22-18)24-9-10-25-20(12-24)8-7-14-3-1-2-4-17(14)20/h1-6,11,13H,7-10,12H2. The highest BCUT2D eigenvalue weighted by molar-refractivity contribution is 9.10. The Hall–Kier alpha value is -1.98. The molecule has 1 fully saturated rings. The molecule has 2 heterocycles. The summed E-state index contributed by atoms with van der Waals surface area (Å²) < 4.78 is 7.39. The Labute approximate surface area is 155 Å². The summed E-state index contributed by atoms with van der Waals surface area (Å²) in [5, 5.41) is 1.08. The first-order chi connectivity index (χ1) is 12.3. The molecule has 1 spiro atoms. The summed E-state index contributed by atoms with van der Waals surface area (Å²) in [6.07, 6.45) is 3.78. The van der Waals surface area contributed by atoms with Gasteiger partial charge in [-0.3, -0.25) is 0 Å². The van der Waals surface area contributed by atoms with E-state index in [9.17, 15) is 0 Å². The van der Waals surface area contributed by atoms with Crippen LogP contribution in [0, 0.1) is 0 Å². The lowest BCUT2D eigenvalue weighted by atomic mass is 9.93. The summed E-state index contributed by atoms with van der Waals surface area (Å²) in [6.45, 7) is 2.40. The van der Waals surface area contributed by atoms with Crippen LogP contribution in [0.2, 0.25) is 0 Å². The molecule has 5 rings (SSSR count). The van der Waals surface area contributed by atoms with Gasteiger partial charge in [-0.2, -0.15) is 0 Å². The second-order valence-corrected chi connectivity index (χ2v) is 7.70. The van der Waals surface area contributed by atoms with Crippen LogP contribution in [0.15, 0.2) is 53.3 Å². The van der Waals surface area contributed by atoms with E-state index in [0.717, 1.165) is 47.1 Å². The molecule has 2 aromatic carbocycles. The van der Waals surface area contributed by atoms with Crippen LogP contribution in [0.4, 0.5) is 5.82 Å². The molecule has 0 bridgehead atoms. The second-order valence-electron chi connectivity index (χ2n) is 6.78. The largest absolute Gasteiger partial charge is 0.367 e. The van der Waals surface area contributed by atoms with E-state index in [1.807, 2.05) is 12.1 Å². The zero-order valence-corrected chi connectivity index (χ0v) is 15.4. The zero-order valence-electron chi connectivity index (χ0n) is 13.8. The van der Waals surface area contributed by atoms with Crippen molar-refractivity contribution in [3.63, 3.8) is 0 Å². The number of halogens is 1. The van der Waals surface area contributed by atoms with Crippen molar-refractivity contribution in [3.05, 3.63) is 64.4 Å². The lowest BCUT2D eigenvalue weighted by Crippen LogP contribution is -2.49. The van der Waals surface area contributed by atoms with Gasteiger partial charge in [-0.1, -0.05) is 40.2 Å². The minimum Gasteiger partial charge on any atom is -0.367 e. The summed E-state index contributed by atoms with van der Waals surface area (Å²) in [4.78, 5) is 11.4. The maximum Gasteiger partial charge on any atom is 0.140 e. The molecule has 0 saturated carbocycles. The molecule has 0 N–H and O–H groups in total. The van der Waals surface area contributed by atoms with Crippen LogP contribution in [0.25, 0.3) is 10.9 Å². The van der Waals surface area contributed by atoms with Gasteiger partial charge in [0.25, 0.3) is 0 Å². The van der Waals surface area contributed by atoms with Crippen molar-refractivity contribution in [1.29, 1.82) is 0 Å². The van der Waals surface area contributed by atoms with Gasteiger partial charge in [-0.05, 0) is 42.2 Å². The Balaban J connectivity index is 1.58. The summed E-state index contributed by atoms with van der Waals surface area (Å²) in [5.41, 5.74) is 3.53. The molecule has 0 amide bonds. The monoisotopic (exact) mass is 395 g/mol. The number of morpholine rings is 1. The number of aromatic nitrogens is 2. The normalized spacial score (nSPS) is 22.5. The Morgan fingerprint density at radius 1 is 1.12 bits per heavy atom. The molecule has 1 aromatic heterocycles. The van der Waals surface area contributed by atoms with E-state index in [1.165, 1.54) is 11.1 Å². The van der Waals surface area contributed by atoms with E-state index in [0.29, 0.717) is 6.61 Å². The predicted octanol–water partition coefficient (Wildman–Crippen LogP) is 4.07. The molecule has 0 radical (unpaired) electrons. The van der Waals surface area contributed by atoms with Crippen LogP contribution < -0.4 is 4.90 Å². The average molecular weight is 396 g/mol. The SMILES string of the molecule is Brc1ccc2ncnc(N3CCOC4(CCc5ccccc54)C3)c2c1. The Morgan fingerprint density at radius 2 is 2.04 bits per heavy atom. The highest BCUT2D eigenvalue weighted by Gasteiger charge is 2.43. The van der Waals surface area contributed by atoms with E-state index in [4.69, 9.17) is 4.74 Å². The van der Waals surface area contributed by atoms with Crippen LogP contribution in [-0.2, 0) is 16.8 Å². The number of anilines is 1. The third-order valence-corrected chi connectivity index (χ3v) is 5.86. The molecular weight excluding hydrogens is 378 g/mol. The summed E-state index contributed by atoms with van der Waals surface area (Å²) in [5.74, 6) is 0.998. The Kier molecular flexibility index (Phi) is 3.54. The number of ether oxygens (including phenoxy) is 1. The third-order valence-electron chi connectivity index (χ3n) is 5.37. The minimum atomic E-state index is -0.210. The first kappa shape index (κ1) is 15.3. The molecule has 25 heavy (non-hydrogen) atoms. The molecule has 1 saturated heterocycles. The van der Waals surface area contributed by atoms with Gasteiger partial charge < -0.3 is 9.64 Å². The van der Waals surface area contributed by atoms with Crippen molar-refractivity contribution in [3.8, 4) is 0 Å². The van der Waals surface area contributed by atoms with Crippen molar-refractivity contribution in [1.82, 2.24) is 9.97 Å². The van der Waals surface area contributed by atoms with Crippen LogP contribution in [0.3, 0.4) is 0 Å². The Bertz CT molecular complexity index is 957. The van der Waals surface area contributed by atoms with Crippen LogP contribution in [0.1, 0.15) is 17.5 Å². The molecule has 5 heteroatoms. The van der Waals surface area contributed by atoms with Crippen molar-refractivity contribution in [2.45, 2.75) is 18.4 Å². The highest BCUT2D eigenvalue weighted by atomic mass is 79.9. The van der Waals surface area contributed by atoms with E-state index < -0.39 is 0 Å². The quantitative estimate of drug-likeness (QED) is 0.622. The van der Waals surface area contributed by atoms with Gasteiger partial charge in [-0.15, -0.1) is 0 Å². The van der Waals surface area contributed by atoms with E-state index in [-0.39, 0.29) is 5.60 Å². The molecule has 1 unspecified atom stereocenters. The first-order valence-electron chi connectivity index (χ1n) is 8.63. The lowest BCUT2D eigenvalue weighted by molar-refractivity contribution is -0.0593. The summed E-state index contributed by atoms with van der Waals surface area (Å²) >= 11 is 3.57. The van der Waals surface area contributed by atoms with Crippen molar-refractivity contribution < 1.29 is 4.74 Å². The number of nitrogens with zero attached hydrogens (tertiary/aromatic N) is 3. The average Bonchev–Trinajstić information content (AvgIpc) is 2.99. The van der Waals surface area contributed by atoms with E-state index in [1.54, 1.807) is 6.33 Å². The smallest absolute Gasteiger partial charge is 0.140 e. The van der Waals surface area contributed by atoms with Crippen molar-refractivity contribution in [2.24, 2.45) is 0 Å². The highest BCUT2D eigenvalue weighted by Crippen LogP contribution is 2.43. The summed E-state index contributed by atoms with van der Waals surface area (Å²) in [6, 6.07) is 14.8. The molecular formula is C20H18BrN3O. The molecule has 3 aromatic rings. The molecule has 1 aliphatic heterocycles.